The number of nitrogens with zero attached hydrogens (tertiary/aromatic N) is 2. The fourth-order valence-electron chi connectivity index (χ4n) is 2.00. The van der Waals surface area contributed by atoms with Crippen LogP contribution in [-0.4, -0.2) is 36.3 Å². The third-order valence-corrected chi connectivity index (χ3v) is 2.79. The Labute approximate surface area is 113 Å². The van der Waals surface area contributed by atoms with Gasteiger partial charge < -0.3 is 15.4 Å². The van der Waals surface area contributed by atoms with Crippen LogP contribution >= 0.6 is 0 Å². The Hall–Kier alpha value is -1.88. The molecule has 102 valence electrons. The molecular formula is C14H20N4O. The number of hydrogen-bond donors (Lipinski definition) is 2. The molecule has 0 saturated carbocycles. The Morgan fingerprint density at radius 3 is 2.63 bits per heavy atom. The zero-order valence-corrected chi connectivity index (χ0v) is 11.8. The van der Waals surface area contributed by atoms with Crippen molar-refractivity contribution < 1.29 is 4.74 Å². The van der Waals surface area contributed by atoms with Gasteiger partial charge in [-0.15, -0.1) is 0 Å². The van der Waals surface area contributed by atoms with Crippen LogP contribution in [0.15, 0.2) is 24.3 Å². The van der Waals surface area contributed by atoms with Gasteiger partial charge in [0.1, 0.15) is 5.82 Å². The van der Waals surface area contributed by atoms with Crippen LogP contribution in [0.5, 0.6) is 0 Å². The molecule has 2 aromatic rings. The third kappa shape index (κ3) is 3.12. The summed E-state index contributed by atoms with van der Waals surface area (Å²) in [5, 5.41) is 7.41. The number of hydrogen-bond acceptors (Lipinski definition) is 5. The van der Waals surface area contributed by atoms with Crippen LogP contribution in [0.4, 0.5) is 11.8 Å². The van der Waals surface area contributed by atoms with Crippen LogP contribution in [0.1, 0.15) is 13.8 Å². The van der Waals surface area contributed by atoms with E-state index in [0.29, 0.717) is 12.6 Å². The predicted octanol–water partition coefficient (Wildman–Crippen LogP) is 2.51. The molecule has 0 saturated heterocycles. The van der Waals surface area contributed by atoms with E-state index in [1.54, 1.807) is 7.11 Å². The molecule has 1 aromatic carbocycles. The smallest absolute Gasteiger partial charge is 0.224 e. The minimum Gasteiger partial charge on any atom is -0.382 e. The summed E-state index contributed by atoms with van der Waals surface area (Å²) in [7, 11) is 3.51. The number of anilines is 2. The quantitative estimate of drug-likeness (QED) is 0.865. The van der Waals surface area contributed by atoms with E-state index in [9.17, 15) is 0 Å². The molecule has 19 heavy (non-hydrogen) atoms. The largest absolute Gasteiger partial charge is 0.382 e. The predicted molar refractivity (Wildman–Crippen MR) is 78.7 cm³/mol. The first kappa shape index (κ1) is 13.5. The van der Waals surface area contributed by atoms with E-state index in [1.165, 1.54) is 0 Å². The van der Waals surface area contributed by atoms with Crippen LogP contribution in [-0.2, 0) is 4.74 Å². The first-order valence-electron chi connectivity index (χ1n) is 6.27. The molecule has 0 fully saturated rings. The summed E-state index contributed by atoms with van der Waals surface area (Å²) in [6.07, 6.45) is 0. The van der Waals surface area contributed by atoms with Crippen molar-refractivity contribution in [2.24, 2.45) is 0 Å². The van der Waals surface area contributed by atoms with Gasteiger partial charge in [0.2, 0.25) is 5.95 Å². The minimum atomic E-state index is -0.198. The van der Waals surface area contributed by atoms with Gasteiger partial charge in [-0.1, -0.05) is 12.1 Å². The van der Waals surface area contributed by atoms with Crippen molar-refractivity contribution >= 4 is 22.7 Å². The number of nitrogens with one attached hydrogen (secondary N) is 2. The molecule has 1 aromatic heterocycles. The molecule has 0 spiro atoms. The topological polar surface area (TPSA) is 59.1 Å². The Morgan fingerprint density at radius 2 is 1.95 bits per heavy atom. The highest BCUT2D eigenvalue weighted by atomic mass is 16.5. The minimum absolute atomic E-state index is 0.198. The van der Waals surface area contributed by atoms with Gasteiger partial charge in [0, 0.05) is 19.5 Å². The Morgan fingerprint density at radius 1 is 1.21 bits per heavy atom. The molecule has 1 heterocycles. The van der Waals surface area contributed by atoms with Crippen molar-refractivity contribution in [1.82, 2.24) is 9.97 Å². The van der Waals surface area contributed by atoms with E-state index in [2.05, 4.69) is 34.4 Å². The molecule has 0 aliphatic rings. The molecule has 2 rings (SSSR count). The summed E-state index contributed by atoms with van der Waals surface area (Å²) in [6.45, 7) is 4.75. The average Bonchev–Trinajstić information content (AvgIpc) is 2.38. The maximum atomic E-state index is 5.23. The highest BCUT2D eigenvalue weighted by Gasteiger charge is 2.19. The molecule has 5 nitrogen and oxygen atoms in total. The van der Waals surface area contributed by atoms with E-state index >= 15 is 0 Å². The highest BCUT2D eigenvalue weighted by molar-refractivity contribution is 5.90. The van der Waals surface area contributed by atoms with Gasteiger partial charge in [-0.25, -0.2) is 4.98 Å². The molecule has 2 N–H and O–H groups in total. The normalized spacial score (nSPS) is 11.6. The van der Waals surface area contributed by atoms with Crippen molar-refractivity contribution in [2.75, 3.05) is 31.4 Å². The summed E-state index contributed by atoms with van der Waals surface area (Å²) < 4.78 is 5.23. The van der Waals surface area contributed by atoms with Gasteiger partial charge in [-0.3, -0.25) is 0 Å². The van der Waals surface area contributed by atoms with Crippen LogP contribution in [0.25, 0.3) is 10.9 Å². The van der Waals surface area contributed by atoms with Crippen molar-refractivity contribution in [3.63, 3.8) is 0 Å². The fourth-order valence-corrected chi connectivity index (χ4v) is 2.00. The standard InChI is InChI=1S/C14H20N4O/c1-14(2,9-19-4)18-12-10-7-5-6-8-11(10)16-13(15-3)17-12/h5-8H,9H2,1-4H3,(H2,15,16,17,18). The van der Waals surface area contributed by atoms with Gasteiger partial charge in [-0.2, -0.15) is 4.98 Å². The lowest BCUT2D eigenvalue weighted by Crippen LogP contribution is -2.36. The zero-order valence-electron chi connectivity index (χ0n) is 11.8. The first-order valence-corrected chi connectivity index (χ1v) is 6.27. The second kappa shape index (κ2) is 5.40. The lowest BCUT2D eigenvalue weighted by molar-refractivity contribution is 0.158. The lowest BCUT2D eigenvalue weighted by Gasteiger charge is -2.26. The van der Waals surface area contributed by atoms with E-state index in [0.717, 1.165) is 16.7 Å². The average molecular weight is 260 g/mol. The first-order chi connectivity index (χ1) is 9.05. The van der Waals surface area contributed by atoms with Gasteiger partial charge in [0.15, 0.2) is 0 Å². The molecule has 0 atom stereocenters. The zero-order chi connectivity index (χ0) is 13.9. The Kier molecular flexibility index (Phi) is 3.85. The summed E-state index contributed by atoms with van der Waals surface area (Å²) in [6, 6.07) is 7.95. The van der Waals surface area contributed by atoms with Gasteiger partial charge >= 0.3 is 0 Å². The van der Waals surface area contributed by atoms with E-state index in [4.69, 9.17) is 4.74 Å². The van der Waals surface area contributed by atoms with Gasteiger partial charge in [-0.05, 0) is 26.0 Å². The van der Waals surface area contributed by atoms with Crippen LogP contribution in [0, 0.1) is 0 Å². The highest BCUT2D eigenvalue weighted by Crippen LogP contribution is 2.24. The second-order valence-corrected chi connectivity index (χ2v) is 5.10. The third-order valence-electron chi connectivity index (χ3n) is 2.79. The summed E-state index contributed by atoms with van der Waals surface area (Å²) in [5.74, 6) is 1.42. The van der Waals surface area contributed by atoms with Gasteiger partial charge in [0.25, 0.3) is 0 Å². The maximum absolute atomic E-state index is 5.23. The van der Waals surface area contributed by atoms with Crippen LogP contribution in [0.3, 0.4) is 0 Å². The van der Waals surface area contributed by atoms with E-state index in [1.807, 2.05) is 31.3 Å². The molecule has 0 unspecified atom stereocenters. The van der Waals surface area contributed by atoms with Crippen molar-refractivity contribution in [3.05, 3.63) is 24.3 Å². The number of rotatable bonds is 5. The number of methoxy groups -OCH3 is 1. The van der Waals surface area contributed by atoms with E-state index < -0.39 is 0 Å². The molecule has 0 amide bonds. The maximum Gasteiger partial charge on any atom is 0.224 e. The molecular weight excluding hydrogens is 240 g/mol. The van der Waals surface area contributed by atoms with Crippen molar-refractivity contribution in [1.29, 1.82) is 0 Å². The van der Waals surface area contributed by atoms with Crippen LogP contribution < -0.4 is 10.6 Å². The number of fused-ring (bicyclic) bond motifs is 1. The van der Waals surface area contributed by atoms with E-state index in [-0.39, 0.29) is 5.54 Å². The van der Waals surface area contributed by atoms with Crippen LogP contribution in [0.2, 0.25) is 0 Å². The summed E-state index contributed by atoms with van der Waals surface area (Å²) in [4.78, 5) is 8.93. The van der Waals surface area contributed by atoms with Crippen molar-refractivity contribution in [2.45, 2.75) is 19.4 Å². The molecule has 0 aliphatic carbocycles. The SMILES string of the molecule is CNc1nc(NC(C)(C)COC)c2ccccc2n1. The molecule has 0 bridgehead atoms. The monoisotopic (exact) mass is 260 g/mol. The Bertz CT molecular complexity index is 568. The Balaban J connectivity index is 2.46. The fraction of sp³-hybridized carbons (Fsp3) is 0.429. The molecule has 0 radical (unpaired) electrons. The number of para-hydroxylation sites is 1. The lowest BCUT2D eigenvalue weighted by atomic mass is 10.1. The number of ether oxygens (including phenoxy) is 1. The number of benzene rings is 1. The summed E-state index contributed by atoms with van der Waals surface area (Å²) >= 11 is 0. The van der Waals surface area contributed by atoms with Crippen molar-refractivity contribution in [3.8, 4) is 0 Å². The number of aromatic nitrogens is 2. The summed E-state index contributed by atoms with van der Waals surface area (Å²) in [5.41, 5.74) is 0.717. The van der Waals surface area contributed by atoms with Gasteiger partial charge in [0.05, 0.1) is 17.7 Å². The molecule has 0 aliphatic heterocycles. The second-order valence-electron chi connectivity index (χ2n) is 5.10. The molecule has 5 heteroatoms.